The zero-order valence-electron chi connectivity index (χ0n) is 21.7. The average molecular weight is 626 g/mol. The summed E-state index contributed by atoms with van der Waals surface area (Å²) >= 11 is 0. The molecule has 0 atom stereocenters. The maximum atomic E-state index is 14.7. The molecule has 228 valence electrons. The van der Waals surface area contributed by atoms with Crippen LogP contribution in [-0.4, -0.2) is 46.8 Å². The van der Waals surface area contributed by atoms with E-state index in [4.69, 9.17) is 0 Å². The van der Waals surface area contributed by atoms with E-state index in [1.165, 1.54) is 4.68 Å². The number of halogens is 8. The van der Waals surface area contributed by atoms with Gasteiger partial charge in [0.15, 0.2) is 15.5 Å². The van der Waals surface area contributed by atoms with Crippen LogP contribution in [0.5, 0.6) is 0 Å². The molecule has 0 saturated heterocycles. The molecule has 0 amide bonds. The Balaban J connectivity index is 1.81. The molecule has 0 spiro atoms. The van der Waals surface area contributed by atoms with Crippen molar-refractivity contribution in [2.24, 2.45) is 0 Å². The minimum atomic E-state index is -6.35. The van der Waals surface area contributed by atoms with Crippen molar-refractivity contribution in [2.75, 3.05) is 0 Å². The van der Waals surface area contributed by atoms with Gasteiger partial charge in [0, 0.05) is 5.56 Å². The minimum absolute atomic E-state index is 0.0374. The molecule has 1 aromatic heterocycles. The van der Waals surface area contributed by atoms with Crippen molar-refractivity contribution in [2.45, 2.75) is 72.7 Å². The van der Waals surface area contributed by atoms with Gasteiger partial charge in [0.25, 0.3) is 0 Å². The number of rotatable bonds is 7. The SMILES string of the molecule is CCc1c(C(=O)O)nnn1C1CCC(c2ccc(C(F)(C(F)(F)F)C(F)(F)F)cc2)(S(=O)(=O)c2ccc(F)cc2)CC1. The molecule has 42 heavy (non-hydrogen) atoms. The molecule has 1 N–H and O–H groups in total. The van der Waals surface area contributed by atoms with Crippen LogP contribution in [0.2, 0.25) is 0 Å². The number of hydrogen-bond acceptors (Lipinski definition) is 5. The van der Waals surface area contributed by atoms with E-state index in [1.54, 1.807) is 6.92 Å². The molecule has 0 radical (unpaired) electrons. The summed E-state index contributed by atoms with van der Waals surface area (Å²) in [6.45, 7) is 1.67. The first kappa shape index (κ1) is 31.4. The number of benzene rings is 2. The summed E-state index contributed by atoms with van der Waals surface area (Å²) < 4.78 is 136. The van der Waals surface area contributed by atoms with Gasteiger partial charge in [0.05, 0.1) is 16.6 Å². The maximum absolute atomic E-state index is 14.7. The zero-order valence-corrected chi connectivity index (χ0v) is 22.5. The fraction of sp³-hybridized carbons (Fsp3) is 0.423. The van der Waals surface area contributed by atoms with Gasteiger partial charge < -0.3 is 5.11 Å². The van der Waals surface area contributed by atoms with Gasteiger partial charge in [-0.15, -0.1) is 5.10 Å². The molecule has 2 aromatic carbocycles. The van der Waals surface area contributed by atoms with Crippen LogP contribution in [0.3, 0.4) is 0 Å². The fourth-order valence-electron chi connectivity index (χ4n) is 5.46. The third kappa shape index (κ3) is 4.92. The van der Waals surface area contributed by atoms with Crippen molar-refractivity contribution in [3.63, 3.8) is 0 Å². The molecule has 0 unspecified atom stereocenters. The lowest BCUT2D eigenvalue weighted by Gasteiger charge is -2.40. The van der Waals surface area contributed by atoms with Gasteiger partial charge in [-0.3, -0.25) is 0 Å². The van der Waals surface area contributed by atoms with Gasteiger partial charge in [0.2, 0.25) is 0 Å². The van der Waals surface area contributed by atoms with Gasteiger partial charge >= 0.3 is 24.0 Å². The molecule has 1 saturated carbocycles. The topological polar surface area (TPSA) is 102 Å². The largest absolute Gasteiger partial charge is 0.476 e. The highest BCUT2D eigenvalue weighted by Gasteiger charge is 2.73. The van der Waals surface area contributed by atoms with Crippen molar-refractivity contribution in [3.8, 4) is 0 Å². The Morgan fingerprint density at radius 1 is 0.952 bits per heavy atom. The quantitative estimate of drug-likeness (QED) is 0.239. The normalized spacial score (nSPS) is 20.5. The third-order valence-corrected chi connectivity index (χ3v) is 10.2. The van der Waals surface area contributed by atoms with Crippen LogP contribution >= 0.6 is 0 Å². The van der Waals surface area contributed by atoms with Gasteiger partial charge in [-0.05, 0) is 61.9 Å². The lowest BCUT2D eigenvalue weighted by molar-refractivity contribution is -0.348. The Hall–Kier alpha value is -3.56. The van der Waals surface area contributed by atoms with Crippen LogP contribution < -0.4 is 0 Å². The number of nitrogens with zero attached hydrogens (tertiary/aromatic N) is 3. The highest BCUT2D eigenvalue weighted by molar-refractivity contribution is 7.92. The lowest BCUT2D eigenvalue weighted by atomic mass is 9.80. The molecule has 16 heteroatoms. The van der Waals surface area contributed by atoms with E-state index in [2.05, 4.69) is 10.3 Å². The number of carboxylic acid groups (broad SMARTS) is 1. The fourth-order valence-corrected chi connectivity index (χ4v) is 7.62. The van der Waals surface area contributed by atoms with Gasteiger partial charge in [-0.2, -0.15) is 26.3 Å². The van der Waals surface area contributed by atoms with Crippen molar-refractivity contribution >= 4 is 15.8 Å². The first-order valence-corrected chi connectivity index (χ1v) is 14.0. The summed E-state index contributed by atoms with van der Waals surface area (Å²) in [6.07, 6.45) is -12.9. The average Bonchev–Trinajstić information content (AvgIpc) is 3.36. The predicted octanol–water partition coefficient (Wildman–Crippen LogP) is 6.45. The highest BCUT2D eigenvalue weighted by atomic mass is 32.2. The maximum Gasteiger partial charge on any atom is 0.435 e. The Bertz CT molecular complexity index is 1540. The third-order valence-electron chi connectivity index (χ3n) is 7.67. The van der Waals surface area contributed by atoms with Gasteiger partial charge in [-0.25, -0.2) is 26.7 Å². The van der Waals surface area contributed by atoms with E-state index in [0.717, 1.165) is 36.4 Å². The van der Waals surface area contributed by atoms with Crippen LogP contribution in [0.25, 0.3) is 0 Å². The number of carboxylic acids is 1. The van der Waals surface area contributed by atoms with Gasteiger partial charge in [-0.1, -0.05) is 36.4 Å². The molecule has 1 aliphatic carbocycles. The van der Waals surface area contributed by atoms with E-state index in [1.807, 2.05) is 0 Å². The Morgan fingerprint density at radius 2 is 1.48 bits per heavy atom. The number of carbonyl (C=O) groups is 1. The van der Waals surface area contributed by atoms with Crippen LogP contribution in [0, 0.1) is 5.82 Å². The predicted molar refractivity (Wildman–Crippen MR) is 130 cm³/mol. The molecule has 7 nitrogen and oxygen atoms in total. The molecule has 4 rings (SSSR count). The van der Waals surface area contributed by atoms with Crippen molar-refractivity contribution < 1.29 is 53.4 Å². The molecular formula is C26H23F8N3O4S. The minimum Gasteiger partial charge on any atom is -0.476 e. The van der Waals surface area contributed by atoms with E-state index >= 15 is 0 Å². The molecule has 1 aliphatic rings. The second-order valence-electron chi connectivity index (χ2n) is 9.90. The zero-order chi connectivity index (χ0) is 31.3. The van der Waals surface area contributed by atoms with E-state index < -0.39 is 56.0 Å². The number of hydrogen-bond donors (Lipinski definition) is 1. The number of aromatic nitrogens is 3. The van der Waals surface area contributed by atoms with E-state index in [9.17, 15) is 53.4 Å². The van der Waals surface area contributed by atoms with Crippen LogP contribution in [-0.2, 0) is 26.7 Å². The molecule has 0 aliphatic heterocycles. The van der Waals surface area contributed by atoms with Crippen molar-refractivity contribution in [1.82, 2.24) is 15.0 Å². The summed E-state index contributed by atoms with van der Waals surface area (Å²) in [4.78, 5) is 11.2. The van der Waals surface area contributed by atoms with Crippen LogP contribution in [0.15, 0.2) is 53.4 Å². The van der Waals surface area contributed by atoms with E-state index in [0.29, 0.717) is 0 Å². The monoisotopic (exact) mass is 625 g/mol. The van der Waals surface area contributed by atoms with E-state index in [-0.39, 0.29) is 66.1 Å². The summed E-state index contributed by atoms with van der Waals surface area (Å²) in [5.41, 5.74) is -7.67. The van der Waals surface area contributed by atoms with Crippen LogP contribution in [0.4, 0.5) is 35.1 Å². The molecular weight excluding hydrogens is 602 g/mol. The smallest absolute Gasteiger partial charge is 0.435 e. The summed E-state index contributed by atoms with van der Waals surface area (Å²) in [6, 6.07) is 5.16. The summed E-state index contributed by atoms with van der Waals surface area (Å²) in [5.74, 6) is -2.06. The number of aromatic carboxylic acids is 1. The molecule has 1 fully saturated rings. The van der Waals surface area contributed by atoms with Crippen molar-refractivity contribution in [1.29, 1.82) is 0 Å². The standard InChI is InChI=1S/C26H23F8N3O4S/c1-2-20-21(22(38)39)35-36-37(20)18-11-13-23(14-12-18,42(40,41)19-9-7-17(27)8-10-19)15-3-5-16(6-4-15)24(28,25(29,30)31)26(32,33)34/h3-10,18H,2,11-14H2,1H3,(H,38,39). The number of sulfone groups is 1. The Kier molecular flexibility index (Phi) is 7.93. The molecule has 1 heterocycles. The first-order chi connectivity index (χ1) is 19.4. The Labute approximate surface area is 234 Å². The van der Waals surface area contributed by atoms with Gasteiger partial charge in [0.1, 0.15) is 10.6 Å². The molecule has 0 bridgehead atoms. The van der Waals surface area contributed by atoms with Crippen LogP contribution in [0.1, 0.15) is 66.0 Å². The molecule has 3 aromatic rings. The summed E-state index contributed by atoms with van der Waals surface area (Å²) in [7, 11) is -4.47. The Morgan fingerprint density at radius 3 is 1.93 bits per heavy atom. The second kappa shape index (κ2) is 10.6. The highest BCUT2D eigenvalue weighted by Crippen LogP contribution is 2.54. The lowest BCUT2D eigenvalue weighted by Crippen LogP contribution is -2.50. The summed E-state index contributed by atoms with van der Waals surface area (Å²) in [5, 5.41) is 17.0. The second-order valence-corrected chi connectivity index (χ2v) is 12.2. The van der Waals surface area contributed by atoms with Crippen molar-refractivity contribution in [3.05, 3.63) is 76.9 Å². The first-order valence-electron chi connectivity index (χ1n) is 12.5. The number of alkyl halides is 7.